The second kappa shape index (κ2) is 5.28. The second-order valence-corrected chi connectivity index (χ2v) is 5.56. The van der Waals surface area contributed by atoms with E-state index in [2.05, 4.69) is 30.1 Å². The van der Waals surface area contributed by atoms with Gasteiger partial charge in [0, 0.05) is 29.8 Å². The highest BCUT2D eigenvalue weighted by Gasteiger charge is 2.22. The molecule has 0 radical (unpaired) electrons. The molecular formula is C14H21ClN2. The van der Waals surface area contributed by atoms with Crippen molar-refractivity contribution >= 4 is 17.3 Å². The van der Waals surface area contributed by atoms with Crippen molar-refractivity contribution in [3.63, 3.8) is 0 Å². The molecule has 2 nitrogen and oxygen atoms in total. The van der Waals surface area contributed by atoms with E-state index >= 15 is 0 Å². The van der Waals surface area contributed by atoms with Gasteiger partial charge in [0.2, 0.25) is 0 Å². The zero-order valence-electron chi connectivity index (χ0n) is 10.6. The van der Waals surface area contributed by atoms with E-state index in [1.165, 1.54) is 24.9 Å². The zero-order valence-corrected chi connectivity index (χ0v) is 11.4. The fraction of sp³-hybridized carbons (Fsp3) is 0.571. The van der Waals surface area contributed by atoms with Crippen LogP contribution in [0.15, 0.2) is 18.2 Å². The van der Waals surface area contributed by atoms with Gasteiger partial charge < -0.3 is 10.6 Å². The van der Waals surface area contributed by atoms with Gasteiger partial charge in [0.05, 0.1) is 0 Å². The van der Waals surface area contributed by atoms with Crippen LogP contribution in [0.2, 0.25) is 5.02 Å². The number of rotatable bonds is 4. The third kappa shape index (κ3) is 2.93. The van der Waals surface area contributed by atoms with E-state index in [1.807, 2.05) is 6.92 Å². The van der Waals surface area contributed by atoms with Crippen molar-refractivity contribution in [2.24, 2.45) is 5.73 Å². The molecule has 1 atom stereocenters. The van der Waals surface area contributed by atoms with Gasteiger partial charge in [-0.3, -0.25) is 0 Å². The second-order valence-electron chi connectivity index (χ2n) is 5.15. The van der Waals surface area contributed by atoms with Crippen LogP contribution in [0.25, 0.3) is 0 Å². The number of nitrogens with zero attached hydrogens (tertiary/aromatic N) is 1. The van der Waals surface area contributed by atoms with E-state index in [4.69, 9.17) is 17.3 Å². The topological polar surface area (TPSA) is 29.3 Å². The SMILES string of the molecule is CC(N)Cc1ccc(N(C)C2CCC2)cc1Cl. The predicted molar refractivity (Wildman–Crippen MR) is 74.8 cm³/mol. The highest BCUT2D eigenvalue weighted by atomic mass is 35.5. The Morgan fingerprint density at radius 2 is 2.18 bits per heavy atom. The summed E-state index contributed by atoms with van der Waals surface area (Å²) < 4.78 is 0. The lowest BCUT2D eigenvalue weighted by Crippen LogP contribution is -2.37. The minimum absolute atomic E-state index is 0.155. The number of anilines is 1. The van der Waals surface area contributed by atoms with Crippen molar-refractivity contribution in [1.82, 2.24) is 0 Å². The molecular weight excluding hydrogens is 232 g/mol. The lowest BCUT2D eigenvalue weighted by atomic mass is 9.91. The number of hydrogen-bond acceptors (Lipinski definition) is 2. The van der Waals surface area contributed by atoms with Crippen molar-refractivity contribution in [3.05, 3.63) is 28.8 Å². The summed E-state index contributed by atoms with van der Waals surface area (Å²) in [7, 11) is 2.15. The molecule has 1 fully saturated rings. The van der Waals surface area contributed by atoms with Crippen LogP contribution in [0.4, 0.5) is 5.69 Å². The largest absolute Gasteiger partial charge is 0.372 e. The monoisotopic (exact) mass is 252 g/mol. The summed E-state index contributed by atoms with van der Waals surface area (Å²) >= 11 is 6.30. The Bertz CT molecular complexity index is 386. The molecule has 0 spiro atoms. The van der Waals surface area contributed by atoms with E-state index < -0.39 is 0 Å². The average Bonchev–Trinajstić information content (AvgIpc) is 2.17. The maximum atomic E-state index is 6.30. The fourth-order valence-corrected chi connectivity index (χ4v) is 2.50. The van der Waals surface area contributed by atoms with Gasteiger partial charge in [-0.15, -0.1) is 0 Å². The van der Waals surface area contributed by atoms with Gasteiger partial charge in [-0.25, -0.2) is 0 Å². The van der Waals surface area contributed by atoms with E-state index in [0.717, 1.165) is 17.0 Å². The Kier molecular flexibility index (Phi) is 3.95. The molecule has 0 aliphatic heterocycles. The Hall–Kier alpha value is -0.730. The first-order valence-electron chi connectivity index (χ1n) is 6.35. The summed E-state index contributed by atoms with van der Waals surface area (Å²) in [6.07, 6.45) is 4.79. The summed E-state index contributed by atoms with van der Waals surface area (Å²) in [4.78, 5) is 2.34. The molecule has 2 rings (SSSR count). The lowest BCUT2D eigenvalue weighted by Gasteiger charge is -2.36. The first-order valence-corrected chi connectivity index (χ1v) is 6.72. The molecule has 0 saturated heterocycles. The van der Waals surface area contributed by atoms with E-state index in [9.17, 15) is 0 Å². The van der Waals surface area contributed by atoms with E-state index in [1.54, 1.807) is 0 Å². The Labute approximate surface area is 109 Å². The van der Waals surface area contributed by atoms with Gasteiger partial charge in [0.1, 0.15) is 0 Å². The first-order chi connectivity index (χ1) is 8.08. The molecule has 0 heterocycles. The minimum Gasteiger partial charge on any atom is -0.372 e. The van der Waals surface area contributed by atoms with E-state index in [0.29, 0.717) is 6.04 Å². The van der Waals surface area contributed by atoms with Gasteiger partial charge >= 0.3 is 0 Å². The number of halogens is 1. The summed E-state index contributed by atoms with van der Waals surface area (Å²) in [5, 5.41) is 0.839. The molecule has 17 heavy (non-hydrogen) atoms. The molecule has 3 heteroatoms. The fourth-order valence-electron chi connectivity index (χ4n) is 2.25. The quantitative estimate of drug-likeness (QED) is 0.892. The molecule has 0 bridgehead atoms. The molecule has 0 amide bonds. The molecule has 1 aliphatic carbocycles. The van der Waals surface area contributed by atoms with Gasteiger partial charge in [0.25, 0.3) is 0 Å². The van der Waals surface area contributed by atoms with Crippen molar-refractivity contribution in [3.8, 4) is 0 Å². The molecule has 1 saturated carbocycles. The minimum atomic E-state index is 0.155. The highest BCUT2D eigenvalue weighted by Crippen LogP contribution is 2.30. The summed E-state index contributed by atoms with van der Waals surface area (Å²) in [6, 6.07) is 7.18. The molecule has 1 aliphatic rings. The van der Waals surface area contributed by atoms with Crippen LogP contribution in [0, 0.1) is 0 Å². The van der Waals surface area contributed by atoms with Gasteiger partial charge in [-0.1, -0.05) is 17.7 Å². The van der Waals surface area contributed by atoms with Crippen molar-refractivity contribution in [1.29, 1.82) is 0 Å². The zero-order chi connectivity index (χ0) is 12.4. The number of hydrogen-bond donors (Lipinski definition) is 1. The summed E-state index contributed by atoms with van der Waals surface area (Å²) in [5.41, 5.74) is 8.16. The molecule has 0 aromatic heterocycles. The Morgan fingerprint density at radius 1 is 1.47 bits per heavy atom. The van der Waals surface area contributed by atoms with E-state index in [-0.39, 0.29) is 6.04 Å². The van der Waals surface area contributed by atoms with Crippen molar-refractivity contribution in [2.75, 3.05) is 11.9 Å². The van der Waals surface area contributed by atoms with Crippen LogP contribution >= 0.6 is 11.6 Å². The molecule has 1 unspecified atom stereocenters. The standard InChI is InChI=1S/C14H21ClN2/c1-10(16)8-11-6-7-13(9-14(11)15)17(2)12-4-3-5-12/h6-7,9-10,12H,3-5,8,16H2,1-2H3. The normalized spacial score (nSPS) is 17.6. The summed E-state index contributed by atoms with van der Waals surface area (Å²) in [5.74, 6) is 0. The molecule has 94 valence electrons. The smallest absolute Gasteiger partial charge is 0.0459 e. The Morgan fingerprint density at radius 3 is 2.65 bits per heavy atom. The maximum absolute atomic E-state index is 6.30. The Balaban J connectivity index is 2.12. The van der Waals surface area contributed by atoms with Crippen LogP contribution < -0.4 is 10.6 Å². The van der Waals surface area contributed by atoms with Gasteiger partial charge in [-0.2, -0.15) is 0 Å². The summed E-state index contributed by atoms with van der Waals surface area (Å²) in [6.45, 7) is 2.00. The van der Waals surface area contributed by atoms with Gasteiger partial charge in [-0.05, 0) is 50.3 Å². The number of nitrogens with two attached hydrogens (primary N) is 1. The molecule has 2 N–H and O–H groups in total. The maximum Gasteiger partial charge on any atom is 0.0459 e. The van der Waals surface area contributed by atoms with Crippen molar-refractivity contribution in [2.45, 2.75) is 44.7 Å². The van der Waals surface area contributed by atoms with Crippen LogP contribution in [0.1, 0.15) is 31.7 Å². The van der Waals surface area contributed by atoms with Crippen LogP contribution in [0.3, 0.4) is 0 Å². The van der Waals surface area contributed by atoms with Crippen LogP contribution in [0.5, 0.6) is 0 Å². The first kappa shape index (κ1) is 12.7. The lowest BCUT2D eigenvalue weighted by molar-refractivity contribution is 0.401. The van der Waals surface area contributed by atoms with Crippen LogP contribution in [-0.2, 0) is 6.42 Å². The highest BCUT2D eigenvalue weighted by molar-refractivity contribution is 6.31. The molecule has 1 aromatic rings. The van der Waals surface area contributed by atoms with Crippen molar-refractivity contribution < 1.29 is 0 Å². The third-order valence-corrected chi connectivity index (χ3v) is 3.96. The number of benzene rings is 1. The average molecular weight is 253 g/mol. The van der Waals surface area contributed by atoms with Crippen LogP contribution in [-0.4, -0.2) is 19.1 Å². The molecule has 1 aromatic carbocycles. The van der Waals surface area contributed by atoms with Gasteiger partial charge in [0.15, 0.2) is 0 Å². The predicted octanol–water partition coefficient (Wildman–Crippen LogP) is 3.22. The third-order valence-electron chi connectivity index (χ3n) is 3.61.